The summed E-state index contributed by atoms with van der Waals surface area (Å²) < 4.78 is 1.43. The summed E-state index contributed by atoms with van der Waals surface area (Å²) in [6.07, 6.45) is 2.56. The van der Waals surface area contributed by atoms with Gasteiger partial charge in [0.25, 0.3) is 5.56 Å². The van der Waals surface area contributed by atoms with Crippen molar-refractivity contribution in [1.82, 2.24) is 14.5 Å². The molecule has 25 heavy (non-hydrogen) atoms. The monoisotopic (exact) mass is 348 g/mol. The average Bonchev–Trinajstić information content (AvgIpc) is 3.03. The van der Waals surface area contributed by atoms with E-state index >= 15 is 0 Å². The highest BCUT2D eigenvalue weighted by molar-refractivity contribution is 6.31. The van der Waals surface area contributed by atoms with Gasteiger partial charge in [0, 0.05) is 28.7 Å². The van der Waals surface area contributed by atoms with E-state index < -0.39 is 0 Å². The number of fused-ring (bicyclic) bond motifs is 2. The van der Waals surface area contributed by atoms with Gasteiger partial charge in [0.05, 0.1) is 10.9 Å². The fraction of sp³-hybridized carbons (Fsp3) is 0.105. The van der Waals surface area contributed by atoms with E-state index in [1.807, 2.05) is 36.5 Å². The van der Waals surface area contributed by atoms with Crippen LogP contribution in [0.3, 0.4) is 0 Å². The highest BCUT2D eigenvalue weighted by Gasteiger charge is 2.12. The van der Waals surface area contributed by atoms with E-state index in [1.165, 1.54) is 4.57 Å². The second kappa shape index (κ2) is 6.08. The van der Waals surface area contributed by atoms with Crippen LogP contribution in [0.15, 0.2) is 53.5 Å². The summed E-state index contributed by atoms with van der Waals surface area (Å²) in [5, 5.41) is 11.5. The molecule has 2 aromatic heterocycles. The van der Waals surface area contributed by atoms with Crippen LogP contribution < -0.4 is 5.56 Å². The van der Waals surface area contributed by atoms with E-state index in [-0.39, 0.29) is 11.4 Å². The van der Waals surface area contributed by atoms with Crippen LogP contribution in [0.25, 0.3) is 21.8 Å². The topological polar surface area (TPSA) is 74.5 Å². The van der Waals surface area contributed by atoms with Crippen molar-refractivity contribution < 1.29 is 0 Å². The van der Waals surface area contributed by atoms with E-state index in [9.17, 15) is 10.1 Å². The van der Waals surface area contributed by atoms with Crippen molar-refractivity contribution in [2.75, 3.05) is 0 Å². The zero-order valence-electron chi connectivity index (χ0n) is 13.2. The molecule has 0 radical (unpaired) electrons. The van der Waals surface area contributed by atoms with Crippen molar-refractivity contribution in [3.8, 4) is 6.07 Å². The van der Waals surface area contributed by atoms with Crippen molar-refractivity contribution >= 4 is 33.4 Å². The number of rotatable bonds is 3. The third-order valence-electron chi connectivity index (χ3n) is 4.30. The summed E-state index contributed by atoms with van der Waals surface area (Å²) in [6, 6.07) is 14.9. The van der Waals surface area contributed by atoms with E-state index in [2.05, 4.69) is 9.97 Å². The second-order valence-electron chi connectivity index (χ2n) is 5.77. The lowest BCUT2D eigenvalue weighted by atomic mass is 10.1. The van der Waals surface area contributed by atoms with E-state index in [0.717, 1.165) is 16.5 Å². The quantitative estimate of drug-likeness (QED) is 0.614. The molecule has 2 aromatic carbocycles. The van der Waals surface area contributed by atoms with Crippen LogP contribution >= 0.6 is 11.6 Å². The summed E-state index contributed by atoms with van der Waals surface area (Å²) in [5.74, 6) is 0.0969. The van der Waals surface area contributed by atoms with Crippen LogP contribution in [0.1, 0.15) is 11.4 Å². The largest absolute Gasteiger partial charge is 0.361 e. The average molecular weight is 349 g/mol. The zero-order chi connectivity index (χ0) is 17.4. The van der Waals surface area contributed by atoms with Crippen molar-refractivity contribution in [2.24, 2.45) is 0 Å². The standard InChI is InChI=1S/C19H13ClN4O/c20-13-5-6-15-17(9-13)23-18(10-21)24(19(15)25)8-7-12-11-22-16-4-2-1-3-14(12)16/h1-6,9,11,22H,7-8H2. The van der Waals surface area contributed by atoms with Gasteiger partial charge in [0.1, 0.15) is 6.07 Å². The van der Waals surface area contributed by atoms with Gasteiger partial charge in [-0.3, -0.25) is 9.36 Å². The molecular formula is C19H13ClN4O. The fourth-order valence-electron chi connectivity index (χ4n) is 3.06. The molecule has 0 saturated carbocycles. The molecule has 5 nitrogen and oxygen atoms in total. The molecule has 0 unspecified atom stereocenters. The molecule has 0 atom stereocenters. The molecular weight excluding hydrogens is 336 g/mol. The molecule has 2 heterocycles. The third kappa shape index (κ3) is 2.67. The van der Waals surface area contributed by atoms with Gasteiger partial charge in [-0.25, -0.2) is 4.98 Å². The third-order valence-corrected chi connectivity index (χ3v) is 4.53. The Morgan fingerprint density at radius 2 is 2.04 bits per heavy atom. The minimum atomic E-state index is -0.224. The molecule has 0 aliphatic carbocycles. The van der Waals surface area contributed by atoms with Gasteiger partial charge < -0.3 is 4.98 Å². The highest BCUT2D eigenvalue weighted by Crippen LogP contribution is 2.19. The number of nitrogens with zero attached hydrogens (tertiary/aromatic N) is 3. The Morgan fingerprint density at radius 1 is 1.20 bits per heavy atom. The van der Waals surface area contributed by atoms with Crippen LogP contribution in [-0.2, 0) is 13.0 Å². The zero-order valence-corrected chi connectivity index (χ0v) is 13.9. The molecule has 0 amide bonds. The van der Waals surface area contributed by atoms with Gasteiger partial charge in [0.15, 0.2) is 0 Å². The maximum atomic E-state index is 12.8. The first-order valence-corrected chi connectivity index (χ1v) is 8.20. The lowest BCUT2D eigenvalue weighted by Gasteiger charge is -2.09. The Bertz CT molecular complexity index is 1200. The number of aryl methyl sites for hydroxylation is 1. The summed E-state index contributed by atoms with van der Waals surface area (Å²) in [4.78, 5) is 20.3. The number of para-hydroxylation sites is 1. The molecule has 0 bridgehead atoms. The Balaban J connectivity index is 1.76. The smallest absolute Gasteiger partial charge is 0.262 e. The molecule has 122 valence electrons. The van der Waals surface area contributed by atoms with Crippen LogP contribution in [0.5, 0.6) is 0 Å². The van der Waals surface area contributed by atoms with Crippen LogP contribution in [0, 0.1) is 11.3 Å². The first kappa shape index (κ1) is 15.4. The number of H-pyrrole nitrogens is 1. The van der Waals surface area contributed by atoms with E-state index in [0.29, 0.717) is 28.9 Å². The Morgan fingerprint density at radius 3 is 2.88 bits per heavy atom. The number of halogens is 1. The molecule has 1 N–H and O–H groups in total. The molecule has 0 spiro atoms. The number of nitrogens with one attached hydrogen (secondary N) is 1. The van der Waals surface area contributed by atoms with Gasteiger partial charge in [-0.05, 0) is 36.2 Å². The summed E-state index contributed by atoms with van der Waals surface area (Å²) >= 11 is 5.96. The number of nitriles is 1. The molecule has 0 aliphatic heterocycles. The predicted molar refractivity (Wildman–Crippen MR) is 97.7 cm³/mol. The maximum Gasteiger partial charge on any atom is 0.262 e. The Labute approximate surface area is 148 Å². The minimum Gasteiger partial charge on any atom is -0.361 e. The van der Waals surface area contributed by atoms with Crippen molar-refractivity contribution in [1.29, 1.82) is 5.26 Å². The molecule has 0 saturated heterocycles. The molecule has 4 rings (SSSR count). The van der Waals surface area contributed by atoms with Gasteiger partial charge in [0.2, 0.25) is 5.82 Å². The van der Waals surface area contributed by atoms with Crippen molar-refractivity contribution in [2.45, 2.75) is 13.0 Å². The first-order chi connectivity index (χ1) is 12.2. The van der Waals surface area contributed by atoms with Crippen LogP contribution in [-0.4, -0.2) is 14.5 Å². The fourth-order valence-corrected chi connectivity index (χ4v) is 3.22. The molecule has 0 aliphatic rings. The van der Waals surface area contributed by atoms with E-state index in [1.54, 1.807) is 18.2 Å². The number of hydrogen-bond donors (Lipinski definition) is 1. The highest BCUT2D eigenvalue weighted by atomic mass is 35.5. The van der Waals surface area contributed by atoms with Gasteiger partial charge in [-0.15, -0.1) is 0 Å². The lowest BCUT2D eigenvalue weighted by Crippen LogP contribution is -2.25. The number of hydrogen-bond acceptors (Lipinski definition) is 3. The number of benzene rings is 2. The van der Waals surface area contributed by atoms with Crippen LogP contribution in [0.2, 0.25) is 5.02 Å². The van der Waals surface area contributed by atoms with E-state index in [4.69, 9.17) is 11.6 Å². The molecule has 6 heteroatoms. The summed E-state index contributed by atoms with van der Waals surface area (Å²) in [7, 11) is 0. The summed E-state index contributed by atoms with van der Waals surface area (Å²) in [6.45, 7) is 0.384. The molecule has 0 fully saturated rings. The second-order valence-corrected chi connectivity index (χ2v) is 6.21. The van der Waals surface area contributed by atoms with Gasteiger partial charge >= 0.3 is 0 Å². The van der Waals surface area contributed by atoms with Crippen LogP contribution in [0.4, 0.5) is 0 Å². The minimum absolute atomic E-state index is 0.0969. The summed E-state index contributed by atoms with van der Waals surface area (Å²) in [5.41, 5.74) is 2.37. The molecule has 4 aromatic rings. The lowest BCUT2D eigenvalue weighted by molar-refractivity contribution is 0.654. The number of aromatic amines is 1. The van der Waals surface area contributed by atoms with Crippen molar-refractivity contribution in [3.05, 3.63) is 75.4 Å². The SMILES string of the molecule is N#Cc1nc2cc(Cl)ccc2c(=O)n1CCc1c[nH]c2ccccc12. The first-order valence-electron chi connectivity index (χ1n) is 7.82. The van der Waals surface area contributed by atoms with Gasteiger partial charge in [-0.2, -0.15) is 5.26 Å². The van der Waals surface area contributed by atoms with Crippen molar-refractivity contribution in [3.63, 3.8) is 0 Å². The Hall–Kier alpha value is -3.10. The Kier molecular flexibility index (Phi) is 3.75. The predicted octanol–water partition coefficient (Wildman–Crippen LogP) is 3.65. The number of aromatic nitrogens is 3. The maximum absolute atomic E-state index is 12.8. The van der Waals surface area contributed by atoms with Gasteiger partial charge in [-0.1, -0.05) is 29.8 Å². The normalized spacial score (nSPS) is 11.0.